The monoisotopic (exact) mass is 259 g/mol. The maximum absolute atomic E-state index is 11.5. The van der Waals surface area contributed by atoms with Gasteiger partial charge < -0.3 is 15.2 Å². The van der Waals surface area contributed by atoms with Gasteiger partial charge in [0.25, 0.3) is 0 Å². The highest BCUT2D eigenvalue weighted by molar-refractivity contribution is 5.76. The minimum atomic E-state index is -0.740. The molecule has 0 aliphatic heterocycles. The zero-order chi connectivity index (χ0) is 13.8. The van der Waals surface area contributed by atoms with E-state index in [-0.39, 0.29) is 18.2 Å². The van der Waals surface area contributed by atoms with Crippen molar-refractivity contribution in [2.75, 3.05) is 20.3 Å². The molecule has 18 heavy (non-hydrogen) atoms. The molecule has 0 rings (SSSR count). The SMILES string of the molecule is COCC(C)CC(=O)NCCCCCCC(=O)O. The van der Waals surface area contributed by atoms with Crippen LogP contribution in [0.3, 0.4) is 0 Å². The topological polar surface area (TPSA) is 75.6 Å². The molecule has 1 amide bonds. The maximum Gasteiger partial charge on any atom is 0.303 e. The molecule has 0 aromatic rings. The first-order valence-electron chi connectivity index (χ1n) is 6.53. The fourth-order valence-electron chi connectivity index (χ4n) is 1.71. The number of rotatable bonds is 11. The van der Waals surface area contributed by atoms with Gasteiger partial charge in [0.2, 0.25) is 5.91 Å². The van der Waals surface area contributed by atoms with Gasteiger partial charge in [-0.1, -0.05) is 19.8 Å². The zero-order valence-corrected chi connectivity index (χ0v) is 11.4. The zero-order valence-electron chi connectivity index (χ0n) is 11.4. The van der Waals surface area contributed by atoms with Gasteiger partial charge in [0, 0.05) is 33.1 Å². The Morgan fingerprint density at radius 1 is 1.22 bits per heavy atom. The molecule has 0 spiro atoms. The van der Waals surface area contributed by atoms with Crippen LogP contribution >= 0.6 is 0 Å². The third-order valence-electron chi connectivity index (χ3n) is 2.62. The first-order valence-corrected chi connectivity index (χ1v) is 6.53. The van der Waals surface area contributed by atoms with Crippen molar-refractivity contribution in [3.63, 3.8) is 0 Å². The Morgan fingerprint density at radius 2 is 1.89 bits per heavy atom. The number of aliphatic carboxylic acids is 1. The Morgan fingerprint density at radius 3 is 2.50 bits per heavy atom. The van der Waals surface area contributed by atoms with Crippen LogP contribution in [0.25, 0.3) is 0 Å². The van der Waals surface area contributed by atoms with E-state index in [1.165, 1.54) is 0 Å². The molecule has 0 saturated carbocycles. The van der Waals surface area contributed by atoms with Crippen molar-refractivity contribution in [3.8, 4) is 0 Å². The van der Waals surface area contributed by atoms with Crippen LogP contribution in [-0.4, -0.2) is 37.2 Å². The molecule has 0 fully saturated rings. The second kappa shape index (κ2) is 11.0. The molecule has 0 heterocycles. The van der Waals surface area contributed by atoms with Gasteiger partial charge in [0.1, 0.15) is 0 Å². The van der Waals surface area contributed by atoms with Crippen LogP contribution in [0.5, 0.6) is 0 Å². The number of carboxylic acids is 1. The molecule has 1 atom stereocenters. The number of methoxy groups -OCH3 is 1. The number of carboxylic acid groups (broad SMARTS) is 1. The number of carbonyl (C=O) groups is 2. The number of unbranched alkanes of at least 4 members (excludes halogenated alkanes) is 3. The smallest absolute Gasteiger partial charge is 0.303 e. The summed E-state index contributed by atoms with van der Waals surface area (Å²) in [6.07, 6.45) is 4.22. The van der Waals surface area contributed by atoms with Gasteiger partial charge in [-0.25, -0.2) is 0 Å². The van der Waals surface area contributed by atoms with Crippen molar-refractivity contribution in [2.45, 2.75) is 45.4 Å². The molecule has 0 aliphatic carbocycles. The number of hydrogen-bond donors (Lipinski definition) is 2. The lowest BCUT2D eigenvalue weighted by atomic mass is 10.1. The van der Waals surface area contributed by atoms with E-state index in [4.69, 9.17) is 9.84 Å². The standard InChI is InChI=1S/C13H25NO4/c1-11(10-18-2)9-12(15)14-8-6-4-3-5-7-13(16)17/h11H,3-10H2,1-2H3,(H,14,15)(H,16,17). The lowest BCUT2D eigenvalue weighted by Crippen LogP contribution is -2.26. The van der Waals surface area contributed by atoms with Crippen molar-refractivity contribution in [1.82, 2.24) is 5.32 Å². The molecule has 0 aromatic heterocycles. The summed E-state index contributed by atoms with van der Waals surface area (Å²) in [5.41, 5.74) is 0. The van der Waals surface area contributed by atoms with Gasteiger partial charge in [-0.3, -0.25) is 9.59 Å². The highest BCUT2D eigenvalue weighted by Crippen LogP contribution is 2.03. The summed E-state index contributed by atoms with van der Waals surface area (Å²) < 4.78 is 4.97. The van der Waals surface area contributed by atoms with Crippen molar-refractivity contribution >= 4 is 11.9 Å². The lowest BCUT2D eigenvalue weighted by Gasteiger charge is -2.10. The number of ether oxygens (including phenoxy) is 1. The summed E-state index contributed by atoms with van der Waals surface area (Å²) in [7, 11) is 1.63. The van der Waals surface area contributed by atoms with Crippen LogP contribution in [-0.2, 0) is 14.3 Å². The first kappa shape index (κ1) is 16.9. The molecule has 1 unspecified atom stereocenters. The molecule has 106 valence electrons. The average Bonchev–Trinajstić information content (AvgIpc) is 2.27. The number of nitrogens with one attached hydrogen (secondary N) is 1. The minimum absolute atomic E-state index is 0.0603. The van der Waals surface area contributed by atoms with E-state index in [0.29, 0.717) is 26.0 Å². The quantitative estimate of drug-likeness (QED) is 0.555. The van der Waals surface area contributed by atoms with E-state index < -0.39 is 5.97 Å². The summed E-state index contributed by atoms with van der Waals surface area (Å²) in [5, 5.41) is 11.3. The van der Waals surface area contributed by atoms with Crippen LogP contribution < -0.4 is 5.32 Å². The largest absolute Gasteiger partial charge is 0.481 e. The van der Waals surface area contributed by atoms with Gasteiger partial charge in [0.15, 0.2) is 0 Å². The van der Waals surface area contributed by atoms with Crippen molar-refractivity contribution < 1.29 is 19.4 Å². The highest BCUT2D eigenvalue weighted by atomic mass is 16.5. The second-order valence-corrected chi connectivity index (χ2v) is 4.67. The van der Waals surface area contributed by atoms with Gasteiger partial charge in [-0.05, 0) is 18.8 Å². The van der Waals surface area contributed by atoms with E-state index in [9.17, 15) is 9.59 Å². The predicted molar refractivity (Wildman–Crippen MR) is 69.4 cm³/mol. The van der Waals surface area contributed by atoms with E-state index >= 15 is 0 Å². The van der Waals surface area contributed by atoms with Gasteiger partial charge in [-0.2, -0.15) is 0 Å². The Hall–Kier alpha value is -1.10. The minimum Gasteiger partial charge on any atom is -0.481 e. The van der Waals surface area contributed by atoms with E-state index in [1.54, 1.807) is 7.11 Å². The van der Waals surface area contributed by atoms with Crippen LogP contribution in [0.4, 0.5) is 0 Å². The molecule has 0 bridgehead atoms. The van der Waals surface area contributed by atoms with Crippen molar-refractivity contribution in [3.05, 3.63) is 0 Å². The number of carbonyl (C=O) groups excluding carboxylic acids is 1. The van der Waals surface area contributed by atoms with E-state index in [1.807, 2.05) is 6.92 Å². The van der Waals surface area contributed by atoms with E-state index in [0.717, 1.165) is 19.3 Å². The maximum atomic E-state index is 11.5. The third kappa shape index (κ3) is 11.4. The molecule has 0 aromatic carbocycles. The second-order valence-electron chi connectivity index (χ2n) is 4.67. The summed E-state index contributed by atoms with van der Waals surface area (Å²) in [4.78, 5) is 21.7. The van der Waals surface area contributed by atoms with E-state index in [2.05, 4.69) is 5.32 Å². The fourth-order valence-corrected chi connectivity index (χ4v) is 1.71. The molecule has 0 saturated heterocycles. The summed E-state index contributed by atoms with van der Waals surface area (Å²) in [6, 6.07) is 0. The average molecular weight is 259 g/mol. The van der Waals surface area contributed by atoms with Gasteiger partial charge in [0.05, 0.1) is 0 Å². The van der Waals surface area contributed by atoms with Crippen molar-refractivity contribution in [1.29, 1.82) is 0 Å². The Kier molecular flexibility index (Phi) is 10.3. The molecule has 0 radical (unpaired) electrons. The van der Waals surface area contributed by atoms with Gasteiger partial charge in [-0.15, -0.1) is 0 Å². The first-order chi connectivity index (χ1) is 8.56. The summed E-state index contributed by atoms with van der Waals surface area (Å²) >= 11 is 0. The van der Waals surface area contributed by atoms with Crippen LogP contribution in [0.1, 0.15) is 45.4 Å². The lowest BCUT2D eigenvalue weighted by molar-refractivity contribution is -0.137. The molecule has 5 heteroatoms. The highest BCUT2D eigenvalue weighted by Gasteiger charge is 2.07. The normalized spacial score (nSPS) is 12.1. The molecular weight excluding hydrogens is 234 g/mol. The number of amides is 1. The predicted octanol–water partition coefficient (Wildman–Crippen LogP) is 1.81. The Balaban J connectivity index is 3.32. The van der Waals surface area contributed by atoms with Crippen LogP contribution in [0.2, 0.25) is 0 Å². The molecule has 0 aliphatic rings. The fraction of sp³-hybridized carbons (Fsp3) is 0.846. The van der Waals surface area contributed by atoms with Gasteiger partial charge >= 0.3 is 5.97 Å². The van der Waals surface area contributed by atoms with Crippen LogP contribution in [0.15, 0.2) is 0 Å². The Labute approximate surface area is 109 Å². The molecule has 2 N–H and O–H groups in total. The molecule has 5 nitrogen and oxygen atoms in total. The number of hydrogen-bond acceptors (Lipinski definition) is 3. The molecular formula is C13H25NO4. The van der Waals surface area contributed by atoms with Crippen LogP contribution in [0, 0.1) is 5.92 Å². The summed E-state index contributed by atoms with van der Waals surface area (Å²) in [6.45, 7) is 3.25. The summed E-state index contributed by atoms with van der Waals surface area (Å²) in [5.74, 6) is -0.439. The third-order valence-corrected chi connectivity index (χ3v) is 2.62. The Bertz CT molecular complexity index is 243. The van der Waals surface area contributed by atoms with Crippen molar-refractivity contribution in [2.24, 2.45) is 5.92 Å².